The molecule has 0 bridgehead atoms. The molecule has 4 aliphatic carbocycles. The highest BCUT2D eigenvalue weighted by molar-refractivity contribution is 5.92. The van der Waals surface area contributed by atoms with Gasteiger partial charge in [-0.2, -0.15) is 0 Å². The molecule has 8 atom stereocenters. The lowest BCUT2D eigenvalue weighted by molar-refractivity contribution is -0.167. The van der Waals surface area contributed by atoms with Gasteiger partial charge < -0.3 is 5.11 Å². The highest BCUT2D eigenvalue weighted by Gasteiger charge is 2.68. The normalized spacial score (nSPS) is 53.4. The van der Waals surface area contributed by atoms with Crippen molar-refractivity contribution in [2.24, 2.45) is 34.5 Å². The second kappa shape index (κ2) is 5.50. The van der Waals surface area contributed by atoms with E-state index in [9.17, 15) is 14.7 Å². The summed E-state index contributed by atoms with van der Waals surface area (Å²) in [6.07, 6.45) is 4.66. The first kappa shape index (κ1) is 18.3. The molecule has 0 aromatic rings. The summed E-state index contributed by atoms with van der Waals surface area (Å²) in [7, 11) is 0. The van der Waals surface area contributed by atoms with Gasteiger partial charge in [0.05, 0.1) is 0 Å². The number of hydrogen-bond acceptors (Lipinski definition) is 3. The summed E-state index contributed by atoms with van der Waals surface area (Å²) in [5.74, 6) is 0.503. The van der Waals surface area contributed by atoms with Gasteiger partial charge in [0.15, 0.2) is 11.6 Å². The molecular weight excluding hydrogens is 331 g/mol. The number of rotatable bonds is 1. The third-order valence-electron chi connectivity index (χ3n) is 9.06. The Hall–Kier alpha value is -1.03. The summed E-state index contributed by atoms with van der Waals surface area (Å²) >= 11 is 0. The molecule has 3 fully saturated rings. The van der Waals surface area contributed by atoms with E-state index in [1.165, 1.54) is 6.92 Å². The Bertz CT molecular complexity index is 700. The van der Waals surface area contributed by atoms with Crippen molar-refractivity contribution in [3.05, 3.63) is 11.6 Å². The van der Waals surface area contributed by atoms with Crippen molar-refractivity contribution in [2.75, 3.05) is 0 Å². The van der Waals surface area contributed by atoms with Crippen LogP contribution in [0.15, 0.2) is 11.6 Å². The topological polar surface area (TPSA) is 54.4 Å². The van der Waals surface area contributed by atoms with Gasteiger partial charge in [0.25, 0.3) is 0 Å². The van der Waals surface area contributed by atoms with Gasteiger partial charge in [-0.3, -0.25) is 9.59 Å². The van der Waals surface area contributed by atoms with Crippen LogP contribution < -0.4 is 0 Å². The zero-order chi connectivity index (χ0) is 19.1. The monoisotopic (exact) mass is 362 g/mol. The molecule has 0 saturated heterocycles. The molecule has 3 nitrogen and oxygen atoms in total. The van der Waals surface area contributed by atoms with Gasteiger partial charge in [-0.05, 0) is 79.8 Å². The fourth-order valence-electron chi connectivity index (χ4n) is 7.65. The van der Waals surface area contributed by atoms with Crippen molar-refractivity contribution >= 4 is 11.6 Å². The van der Waals surface area contributed by atoms with E-state index in [-0.39, 0.29) is 34.7 Å². The molecule has 0 heterocycles. The molecule has 4 heteroatoms. The van der Waals surface area contributed by atoms with E-state index in [4.69, 9.17) is 0 Å². The average Bonchev–Trinajstić information content (AvgIpc) is 2.78. The van der Waals surface area contributed by atoms with Gasteiger partial charge in [0, 0.05) is 11.8 Å². The summed E-state index contributed by atoms with van der Waals surface area (Å²) < 4.78 is 15.2. The first-order chi connectivity index (χ1) is 12.1. The van der Waals surface area contributed by atoms with E-state index in [1.807, 2.05) is 6.92 Å². The van der Waals surface area contributed by atoms with Gasteiger partial charge in [-0.25, -0.2) is 4.39 Å². The minimum absolute atomic E-state index is 0.0552. The first-order valence-electron chi connectivity index (χ1n) is 10.2. The number of hydrogen-bond donors (Lipinski definition) is 1. The van der Waals surface area contributed by atoms with Gasteiger partial charge in [0.1, 0.15) is 11.8 Å². The van der Waals surface area contributed by atoms with Crippen LogP contribution in [0.1, 0.15) is 66.2 Å². The van der Waals surface area contributed by atoms with Gasteiger partial charge in [-0.1, -0.05) is 20.8 Å². The van der Waals surface area contributed by atoms with Crippen molar-refractivity contribution in [3.63, 3.8) is 0 Å². The molecule has 144 valence electrons. The van der Waals surface area contributed by atoms with Gasteiger partial charge >= 0.3 is 0 Å². The van der Waals surface area contributed by atoms with Crippen LogP contribution in [0.25, 0.3) is 0 Å². The Morgan fingerprint density at radius 1 is 1.23 bits per heavy atom. The van der Waals surface area contributed by atoms with E-state index in [1.54, 1.807) is 6.08 Å². The first-order valence-corrected chi connectivity index (χ1v) is 10.2. The second-order valence-electron chi connectivity index (χ2n) is 9.98. The molecular formula is C22H31FO3. The summed E-state index contributed by atoms with van der Waals surface area (Å²) in [6.45, 7) is 7.68. The van der Waals surface area contributed by atoms with Crippen molar-refractivity contribution in [2.45, 2.75) is 78.0 Å². The molecule has 0 aliphatic heterocycles. The summed E-state index contributed by atoms with van der Waals surface area (Å²) in [6, 6.07) is 0. The maximum absolute atomic E-state index is 15.2. The predicted molar refractivity (Wildman–Crippen MR) is 97.2 cm³/mol. The number of halogens is 1. The summed E-state index contributed by atoms with van der Waals surface area (Å²) in [5.41, 5.74) is -1.31. The van der Waals surface area contributed by atoms with E-state index in [0.29, 0.717) is 24.3 Å². The minimum atomic E-state index is -1.30. The summed E-state index contributed by atoms with van der Waals surface area (Å²) in [4.78, 5) is 24.3. The van der Waals surface area contributed by atoms with Crippen molar-refractivity contribution < 1.29 is 19.1 Å². The Kier molecular flexibility index (Phi) is 3.88. The third kappa shape index (κ3) is 2.03. The molecule has 4 aliphatic rings. The molecule has 0 aromatic heterocycles. The van der Waals surface area contributed by atoms with E-state index >= 15 is 4.39 Å². The van der Waals surface area contributed by atoms with E-state index < -0.39 is 17.2 Å². The molecule has 1 N–H and O–H groups in total. The van der Waals surface area contributed by atoms with Crippen molar-refractivity contribution in [1.82, 2.24) is 0 Å². The second-order valence-corrected chi connectivity index (χ2v) is 9.98. The zero-order valence-corrected chi connectivity index (χ0v) is 16.3. The van der Waals surface area contributed by atoms with Gasteiger partial charge in [0.2, 0.25) is 0 Å². The minimum Gasteiger partial charge on any atom is -0.381 e. The average molecular weight is 362 g/mol. The van der Waals surface area contributed by atoms with E-state index in [0.717, 1.165) is 25.7 Å². The lowest BCUT2D eigenvalue weighted by Crippen LogP contribution is -2.59. The Morgan fingerprint density at radius 2 is 1.92 bits per heavy atom. The molecule has 3 saturated carbocycles. The van der Waals surface area contributed by atoms with Crippen LogP contribution in [-0.4, -0.2) is 28.4 Å². The smallest absolute Gasteiger partial charge is 0.162 e. The van der Waals surface area contributed by atoms with Crippen LogP contribution >= 0.6 is 0 Å². The number of ketones is 2. The van der Waals surface area contributed by atoms with Crippen LogP contribution in [-0.2, 0) is 9.59 Å². The Morgan fingerprint density at radius 3 is 2.58 bits per heavy atom. The predicted octanol–water partition coefficient (Wildman–Crippen LogP) is 4.03. The van der Waals surface area contributed by atoms with Crippen LogP contribution in [0.5, 0.6) is 0 Å². The fraction of sp³-hybridized carbons (Fsp3) is 0.818. The Balaban J connectivity index is 1.76. The molecule has 0 aromatic carbocycles. The van der Waals surface area contributed by atoms with Crippen LogP contribution in [0.2, 0.25) is 0 Å². The third-order valence-corrected chi connectivity index (χ3v) is 9.06. The summed E-state index contributed by atoms with van der Waals surface area (Å²) in [5, 5.41) is 11.4. The van der Waals surface area contributed by atoms with Gasteiger partial charge in [-0.15, -0.1) is 0 Å². The molecule has 0 amide bonds. The SMILES string of the molecule is CC(=O)[C@@]1(O)C(C)C[C@H]2[C@@H]3CC(F)C4=CC(=O)CC[C@]4(C)[C@H]3CC[C@@]21C. The van der Waals surface area contributed by atoms with Crippen LogP contribution in [0, 0.1) is 34.5 Å². The molecule has 26 heavy (non-hydrogen) atoms. The molecule has 2 unspecified atom stereocenters. The zero-order valence-electron chi connectivity index (χ0n) is 16.3. The number of aliphatic hydroxyl groups is 1. The number of Topliss-reactive ketones (excluding diaryl/α,β-unsaturated/α-hetero) is 1. The van der Waals surface area contributed by atoms with Crippen LogP contribution in [0.4, 0.5) is 4.39 Å². The standard InChI is InChI=1S/C22H31FO3/c1-12-9-17-15-11-19(23)18-10-14(25)5-7-20(18,3)16(15)6-8-21(17,4)22(12,26)13(2)24/h10,12,15-17,19,26H,5-9,11H2,1-4H3/t12?,15-,16+,17+,19?,20-,21+,22+/m1/s1. The van der Waals surface area contributed by atoms with Crippen molar-refractivity contribution in [3.8, 4) is 0 Å². The molecule has 4 rings (SSSR count). The number of carbonyl (C=O) groups excluding carboxylic acids is 2. The lowest BCUT2D eigenvalue weighted by Gasteiger charge is -2.59. The highest BCUT2D eigenvalue weighted by Crippen LogP contribution is 2.68. The molecule has 0 spiro atoms. The quantitative estimate of drug-likeness (QED) is 0.766. The van der Waals surface area contributed by atoms with Crippen molar-refractivity contribution in [1.29, 1.82) is 0 Å². The maximum atomic E-state index is 15.2. The number of fused-ring (bicyclic) bond motifs is 5. The highest BCUT2D eigenvalue weighted by atomic mass is 19.1. The lowest BCUT2D eigenvalue weighted by atomic mass is 9.46. The number of allylic oxidation sites excluding steroid dienone is 1. The Labute approximate surface area is 155 Å². The van der Waals surface area contributed by atoms with Crippen LogP contribution in [0.3, 0.4) is 0 Å². The van der Waals surface area contributed by atoms with E-state index in [2.05, 4.69) is 13.8 Å². The maximum Gasteiger partial charge on any atom is 0.162 e. The fourth-order valence-corrected chi connectivity index (χ4v) is 7.65. The molecule has 0 radical (unpaired) electrons. The number of carbonyl (C=O) groups is 2. The largest absolute Gasteiger partial charge is 0.381 e. The number of alkyl halides is 1.